The average molecular weight is 153 g/mol. The highest BCUT2D eigenvalue weighted by Gasteiger charge is 2.49. The molecule has 0 bridgehead atoms. The molecule has 0 aromatic heterocycles. The molecule has 1 nitrogen and oxygen atoms in total. The van der Waals surface area contributed by atoms with Crippen molar-refractivity contribution in [1.82, 2.24) is 0 Å². The van der Waals surface area contributed by atoms with Gasteiger partial charge in [0.2, 0.25) is 6.43 Å². The van der Waals surface area contributed by atoms with Crippen LogP contribution in [0.4, 0.5) is 13.2 Å². The van der Waals surface area contributed by atoms with Crippen LogP contribution in [0.2, 0.25) is 0 Å². The second kappa shape index (κ2) is 2.42. The summed E-state index contributed by atoms with van der Waals surface area (Å²) in [6.45, 7) is -1.01. The molecule has 1 rings (SSSR count). The predicted octanol–water partition coefficient (Wildman–Crippen LogP) is 1.33. The topological polar surface area (TPSA) is 26.0 Å². The molecule has 2 N–H and O–H groups in total. The van der Waals surface area contributed by atoms with Gasteiger partial charge in [0.25, 0.3) is 0 Å². The van der Waals surface area contributed by atoms with Gasteiger partial charge in [-0.15, -0.1) is 0 Å². The van der Waals surface area contributed by atoms with E-state index in [-0.39, 0.29) is 0 Å². The monoisotopic (exact) mass is 153 g/mol. The molecule has 60 valence electrons. The molecular weight excluding hydrogens is 143 g/mol. The Kier molecular flexibility index (Phi) is 1.90. The van der Waals surface area contributed by atoms with Gasteiger partial charge in [0.15, 0.2) is 0 Å². The average Bonchev–Trinajstić information content (AvgIpc) is 2.49. The van der Waals surface area contributed by atoms with Gasteiger partial charge in [-0.05, 0) is 12.8 Å². The molecule has 1 atom stereocenters. The highest BCUT2D eigenvalue weighted by atomic mass is 19.3. The SMILES string of the molecule is NC1(C(CF)C(F)F)CC1. The predicted molar refractivity (Wildman–Crippen MR) is 31.6 cm³/mol. The molecule has 0 heterocycles. The minimum atomic E-state index is -2.61. The summed E-state index contributed by atoms with van der Waals surface area (Å²) in [4.78, 5) is 0. The number of alkyl halides is 3. The second-order valence-corrected chi connectivity index (χ2v) is 2.83. The quantitative estimate of drug-likeness (QED) is 0.650. The van der Waals surface area contributed by atoms with E-state index in [4.69, 9.17) is 5.73 Å². The molecule has 4 heteroatoms. The number of nitrogens with two attached hydrogens (primary N) is 1. The molecule has 1 aliphatic rings. The van der Waals surface area contributed by atoms with Crippen LogP contribution in [0.25, 0.3) is 0 Å². The summed E-state index contributed by atoms with van der Waals surface area (Å²) in [6.07, 6.45) is -1.55. The lowest BCUT2D eigenvalue weighted by Crippen LogP contribution is -2.38. The molecule has 1 saturated carbocycles. The smallest absolute Gasteiger partial charge is 0.245 e. The van der Waals surface area contributed by atoms with Crippen LogP contribution >= 0.6 is 0 Å². The van der Waals surface area contributed by atoms with Crippen molar-refractivity contribution >= 4 is 0 Å². The maximum absolute atomic E-state index is 11.9. The van der Waals surface area contributed by atoms with E-state index in [1.807, 2.05) is 0 Å². The summed E-state index contributed by atoms with van der Waals surface area (Å²) >= 11 is 0. The van der Waals surface area contributed by atoms with Crippen LogP contribution in [0.3, 0.4) is 0 Å². The molecular formula is C6H10F3N. The van der Waals surface area contributed by atoms with Gasteiger partial charge in [-0.3, -0.25) is 4.39 Å². The third-order valence-corrected chi connectivity index (χ3v) is 2.04. The maximum Gasteiger partial charge on any atom is 0.245 e. The zero-order chi connectivity index (χ0) is 7.78. The first-order chi connectivity index (χ1) is 4.60. The Morgan fingerprint density at radius 2 is 1.90 bits per heavy atom. The molecule has 0 spiro atoms. The lowest BCUT2D eigenvalue weighted by Gasteiger charge is -2.18. The summed E-state index contributed by atoms with van der Waals surface area (Å²) in [5.74, 6) is -1.24. The van der Waals surface area contributed by atoms with Crippen molar-refractivity contribution < 1.29 is 13.2 Å². The zero-order valence-electron chi connectivity index (χ0n) is 5.49. The van der Waals surface area contributed by atoms with E-state index in [9.17, 15) is 13.2 Å². The largest absolute Gasteiger partial charge is 0.325 e. The zero-order valence-corrected chi connectivity index (χ0v) is 5.49. The fourth-order valence-electron chi connectivity index (χ4n) is 0.987. The van der Waals surface area contributed by atoms with E-state index < -0.39 is 24.6 Å². The van der Waals surface area contributed by atoms with Crippen molar-refractivity contribution in [2.24, 2.45) is 11.7 Å². The van der Waals surface area contributed by atoms with Crippen LogP contribution in [-0.2, 0) is 0 Å². The van der Waals surface area contributed by atoms with Crippen molar-refractivity contribution in [3.8, 4) is 0 Å². The van der Waals surface area contributed by atoms with Crippen molar-refractivity contribution in [3.05, 3.63) is 0 Å². The van der Waals surface area contributed by atoms with Gasteiger partial charge < -0.3 is 5.73 Å². The minimum absolute atomic E-state index is 0.534. The molecule has 0 aromatic carbocycles. The van der Waals surface area contributed by atoms with E-state index in [1.54, 1.807) is 0 Å². The Morgan fingerprint density at radius 1 is 1.40 bits per heavy atom. The fraction of sp³-hybridized carbons (Fsp3) is 1.00. The number of rotatable bonds is 3. The van der Waals surface area contributed by atoms with Crippen LogP contribution in [0.15, 0.2) is 0 Å². The molecule has 10 heavy (non-hydrogen) atoms. The Hall–Kier alpha value is -0.250. The van der Waals surface area contributed by atoms with Crippen molar-refractivity contribution in [2.75, 3.05) is 6.67 Å². The molecule has 1 aliphatic carbocycles. The first-order valence-electron chi connectivity index (χ1n) is 3.23. The maximum atomic E-state index is 11.9. The molecule has 0 amide bonds. The Balaban J connectivity index is 2.48. The molecule has 1 fully saturated rings. The molecule has 1 unspecified atom stereocenters. The molecule has 0 aliphatic heterocycles. The van der Waals surface area contributed by atoms with E-state index in [1.165, 1.54) is 0 Å². The van der Waals surface area contributed by atoms with E-state index in [0.29, 0.717) is 12.8 Å². The van der Waals surface area contributed by atoms with Gasteiger partial charge in [0, 0.05) is 5.54 Å². The summed E-state index contributed by atoms with van der Waals surface area (Å²) in [5, 5.41) is 0. The van der Waals surface area contributed by atoms with Crippen molar-refractivity contribution in [2.45, 2.75) is 24.8 Å². The lowest BCUT2D eigenvalue weighted by molar-refractivity contribution is 0.0427. The van der Waals surface area contributed by atoms with Crippen LogP contribution in [0, 0.1) is 5.92 Å². The fourth-order valence-corrected chi connectivity index (χ4v) is 0.987. The number of hydrogen-bond donors (Lipinski definition) is 1. The van der Waals surface area contributed by atoms with Crippen LogP contribution in [-0.4, -0.2) is 18.6 Å². The van der Waals surface area contributed by atoms with E-state index in [0.717, 1.165) is 0 Å². The highest BCUT2D eigenvalue weighted by molar-refractivity contribution is 5.04. The van der Waals surface area contributed by atoms with E-state index >= 15 is 0 Å². The number of hydrogen-bond acceptors (Lipinski definition) is 1. The lowest BCUT2D eigenvalue weighted by atomic mass is 10.0. The molecule has 0 saturated heterocycles. The van der Waals surface area contributed by atoms with Gasteiger partial charge in [0.05, 0.1) is 12.6 Å². The molecule has 0 aromatic rings. The summed E-state index contributed by atoms with van der Waals surface area (Å²) in [6, 6.07) is 0. The Labute approximate surface area is 57.4 Å². The van der Waals surface area contributed by atoms with Crippen LogP contribution in [0.1, 0.15) is 12.8 Å². The highest BCUT2D eigenvalue weighted by Crippen LogP contribution is 2.42. The minimum Gasteiger partial charge on any atom is -0.325 e. The Morgan fingerprint density at radius 3 is 2.00 bits per heavy atom. The van der Waals surface area contributed by atoms with Crippen LogP contribution < -0.4 is 5.73 Å². The summed E-state index contributed by atoms with van der Waals surface area (Å²) in [7, 11) is 0. The molecule has 0 radical (unpaired) electrons. The van der Waals surface area contributed by atoms with Gasteiger partial charge in [0.1, 0.15) is 0 Å². The number of halogens is 3. The van der Waals surface area contributed by atoms with Crippen LogP contribution in [0.5, 0.6) is 0 Å². The van der Waals surface area contributed by atoms with Gasteiger partial charge in [-0.2, -0.15) is 0 Å². The summed E-state index contributed by atoms with van der Waals surface area (Å²) < 4.78 is 35.7. The normalized spacial score (nSPS) is 24.9. The second-order valence-electron chi connectivity index (χ2n) is 2.83. The third kappa shape index (κ3) is 1.26. The van der Waals surface area contributed by atoms with Crippen molar-refractivity contribution in [1.29, 1.82) is 0 Å². The third-order valence-electron chi connectivity index (χ3n) is 2.04. The van der Waals surface area contributed by atoms with Gasteiger partial charge in [-0.1, -0.05) is 0 Å². The first-order valence-corrected chi connectivity index (χ1v) is 3.23. The van der Waals surface area contributed by atoms with Gasteiger partial charge >= 0.3 is 0 Å². The van der Waals surface area contributed by atoms with E-state index in [2.05, 4.69) is 0 Å². The van der Waals surface area contributed by atoms with Crippen molar-refractivity contribution in [3.63, 3.8) is 0 Å². The standard InChI is InChI=1S/C6H10F3N/c7-3-4(5(8)9)6(10)1-2-6/h4-5H,1-3,10H2. The Bertz CT molecular complexity index is 122. The first kappa shape index (κ1) is 7.85. The summed E-state index contributed by atoms with van der Waals surface area (Å²) in [5.41, 5.74) is 4.50. The van der Waals surface area contributed by atoms with Gasteiger partial charge in [-0.25, -0.2) is 8.78 Å².